The predicted octanol–water partition coefficient (Wildman–Crippen LogP) is 3.14. The predicted molar refractivity (Wildman–Crippen MR) is 110 cm³/mol. The molecule has 1 aliphatic rings. The van der Waals surface area contributed by atoms with Crippen molar-refractivity contribution in [3.63, 3.8) is 0 Å². The molecular formula is C21H31N5. The summed E-state index contributed by atoms with van der Waals surface area (Å²) >= 11 is 0. The Balaban J connectivity index is 1.65. The zero-order chi connectivity index (χ0) is 18.5. The van der Waals surface area contributed by atoms with Crippen molar-refractivity contribution in [1.82, 2.24) is 15.2 Å². The topological polar surface area (TPSA) is 81.9 Å². The number of hydrogen-bond acceptors (Lipinski definition) is 4. The van der Waals surface area contributed by atoms with Crippen LogP contribution >= 0.6 is 0 Å². The van der Waals surface area contributed by atoms with Crippen molar-refractivity contribution in [3.05, 3.63) is 53.3 Å². The molecule has 5 N–H and O–H groups in total. The molecule has 1 aliphatic carbocycles. The smallest absolute Gasteiger partial charge is 0.0919 e. The lowest BCUT2D eigenvalue weighted by atomic mass is 9.91. The van der Waals surface area contributed by atoms with E-state index < -0.39 is 0 Å². The first-order valence-electron chi connectivity index (χ1n) is 9.66. The molecule has 1 heterocycles. The van der Waals surface area contributed by atoms with Gasteiger partial charge in [-0.15, -0.1) is 0 Å². The summed E-state index contributed by atoms with van der Waals surface area (Å²) in [5.41, 5.74) is 10.7. The lowest BCUT2D eigenvalue weighted by molar-refractivity contribution is 0.508. The number of nitrogen functional groups attached to an aromatic ring is 1. The van der Waals surface area contributed by atoms with Gasteiger partial charge in [-0.2, -0.15) is 9.89 Å². The Bertz CT molecular complexity index is 802. The van der Waals surface area contributed by atoms with Gasteiger partial charge in [-0.3, -0.25) is 0 Å². The number of nitrogens with one attached hydrogen (secondary N) is 1. The molecule has 0 amide bonds. The normalized spacial score (nSPS) is 18.3. The van der Waals surface area contributed by atoms with E-state index >= 15 is 0 Å². The average Bonchev–Trinajstić information content (AvgIpc) is 2.94. The number of aryl methyl sites for hydroxylation is 1. The molecule has 26 heavy (non-hydrogen) atoms. The Morgan fingerprint density at radius 1 is 1.35 bits per heavy atom. The molecule has 1 aromatic heterocycles. The number of nitrogens with two attached hydrogens (primary N) is 2. The van der Waals surface area contributed by atoms with E-state index in [1.54, 1.807) is 0 Å². The van der Waals surface area contributed by atoms with Gasteiger partial charge in [0.25, 0.3) is 0 Å². The van der Waals surface area contributed by atoms with Crippen molar-refractivity contribution in [3.8, 4) is 0 Å². The summed E-state index contributed by atoms with van der Waals surface area (Å²) in [5, 5.41) is 9.14. The number of aromatic nitrogens is 2. The highest BCUT2D eigenvalue weighted by atomic mass is 15.5. The zero-order valence-corrected chi connectivity index (χ0v) is 15.9. The average molecular weight is 354 g/mol. The van der Waals surface area contributed by atoms with Crippen molar-refractivity contribution in [2.45, 2.75) is 51.5 Å². The van der Waals surface area contributed by atoms with Gasteiger partial charge in [0.1, 0.15) is 0 Å². The molecule has 2 atom stereocenters. The van der Waals surface area contributed by atoms with Crippen LogP contribution in [0.25, 0.3) is 10.9 Å². The maximum absolute atomic E-state index is 5.91. The number of fused-ring (bicyclic) bond motifs is 1. The summed E-state index contributed by atoms with van der Waals surface area (Å²) in [7, 11) is 0. The highest BCUT2D eigenvalue weighted by Gasteiger charge is 2.15. The molecule has 1 aromatic carbocycles. The van der Waals surface area contributed by atoms with Gasteiger partial charge in [0.05, 0.1) is 11.2 Å². The summed E-state index contributed by atoms with van der Waals surface area (Å²) in [6.45, 7) is 5.91. The highest BCUT2D eigenvalue weighted by molar-refractivity contribution is 5.82. The number of allylic oxidation sites excluding steroid dienone is 2. The minimum Gasteiger partial charge on any atom is -0.330 e. The molecule has 0 fully saturated rings. The number of rotatable bonds is 8. The number of hydrogen-bond donors (Lipinski definition) is 3. The van der Waals surface area contributed by atoms with Gasteiger partial charge >= 0.3 is 0 Å². The van der Waals surface area contributed by atoms with E-state index in [0.717, 1.165) is 48.8 Å². The molecule has 2 aromatic rings. The van der Waals surface area contributed by atoms with E-state index in [1.165, 1.54) is 15.9 Å². The van der Waals surface area contributed by atoms with Crippen LogP contribution in [-0.4, -0.2) is 29.0 Å². The second kappa shape index (κ2) is 8.52. The van der Waals surface area contributed by atoms with E-state index in [1.807, 2.05) is 6.92 Å². The lowest BCUT2D eigenvalue weighted by Crippen LogP contribution is -2.30. The molecular weight excluding hydrogens is 322 g/mol. The summed E-state index contributed by atoms with van der Waals surface area (Å²) in [5.74, 6) is 6.36. The zero-order valence-electron chi connectivity index (χ0n) is 15.9. The van der Waals surface area contributed by atoms with E-state index in [-0.39, 0.29) is 0 Å². The van der Waals surface area contributed by atoms with Gasteiger partial charge in [-0.25, -0.2) is 0 Å². The standard InChI is InChI=1S/C21H31N5/c1-3-16-5-4-6-19(13-16)24-12-10-17(9-11-22)18-7-8-21-20(14-18)15(2)25-26(21)23/h4-8,14,17,19,24H,3,9-13,22-23H2,1-2H3. The minimum absolute atomic E-state index is 0.450. The number of benzene rings is 1. The van der Waals surface area contributed by atoms with Crippen molar-refractivity contribution in [2.75, 3.05) is 18.9 Å². The van der Waals surface area contributed by atoms with E-state index in [9.17, 15) is 0 Å². The molecule has 0 spiro atoms. The Morgan fingerprint density at radius 2 is 2.19 bits per heavy atom. The van der Waals surface area contributed by atoms with Crippen LogP contribution in [0.2, 0.25) is 0 Å². The van der Waals surface area contributed by atoms with Gasteiger partial charge in [0, 0.05) is 11.4 Å². The fourth-order valence-corrected chi connectivity index (χ4v) is 3.84. The molecule has 0 radical (unpaired) electrons. The number of nitrogens with zero attached hydrogens (tertiary/aromatic N) is 2. The van der Waals surface area contributed by atoms with E-state index in [2.05, 4.69) is 53.8 Å². The first kappa shape index (κ1) is 18.7. The summed E-state index contributed by atoms with van der Waals surface area (Å²) in [6, 6.07) is 6.93. The van der Waals surface area contributed by atoms with Gasteiger partial charge in [-0.05, 0) is 69.3 Å². The molecule has 3 rings (SSSR count). The first-order chi connectivity index (χ1) is 12.6. The molecule has 0 saturated carbocycles. The SMILES string of the molecule is CCC1=CC=CC(NCCC(CCN)c2ccc3c(c2)c(C)nn3N)C1. The second-order valence-corrected chi connectivity index (χ2v) is 7.20. The molecule has 0 saturated heterocycles. The van der Waals surface area contributed by atoms with Crippen LogP contribution in [0.4, 0.5) is 0 Å². The van der Waals surface area contributed by atoms with Gasteiger partial charge < -0.3 is 16.9 Å². The van der Waals surface area contributed by atoms with Gasteiger partial charge in [0.15, 0.2) is 0 Å². The van der Waals surface area contributed by atoms with Crippen molar-refractivity contribution < 1.29 is 0 Å². The fraction of sp³-hybridized carbons (Fsp3) is 0.476. The van der Waals surface area contributed by atoms with Crippen molar-refractivity contribution in [1.29, 1.82) is 0 Å². The maximum atomic E-state index is 5.91. The van der Waals surface area contributed by atoms with E-state index in [0.29, 0.717) is 18.5 Å². The second-order valence-electron chi connectivity index (χ2n) is 7.20. The van der Waals surface area contributed by atoms with Crippen LogP contribution in [-0.2, 0) is 0 Å². The van der Waals surface area contributed by atoms with Crippen LogP contribution in [0.5, 0.6) is 0 Å². The summed E-state index contributed by atoms with van der Waals surface area (Å²) in [4.78, 5) is 1.46. The third kappa shape index (κ3) is 4.17. The first-order valence-corrected chi connectivity index (χ1v) is 9.66. The van der Waals surface area contributed by atoms with Crippen molar-refractivity contribution >= 4 is 10.9 Å². The molecule has 5 heteroatoms. The molecule has 140 valence electrons. The maximum Gasteiger partial charge on any atom is 0.0919 e. The van der Waals surface area contributed by atoms with Gasteiger partial charge in [0.2, 0.25) is 0 Å². The Morgan fingerprint density at radius 3 is 2.96 bits per heavy atom. The van der Waals surface area contributed by atoms with Crippen LogP contribution in [0.3, 0.4) is 0 Å². The molecule has 0 aliphatic heterocycles. The molecule has 2 unspecified atom stereocenters. The summed E-state index contributed by atoms with van der Waals surface area (Å²) in [6.07, 6.45) is 11.0. The minimum atomic E-state index is 0.450. The third-order valence-corrected chi connectivity index (χ3v) is 5.41. The van der Waals surface area contributed by atoms with Crippen LogP contribution < -0.4 is 16.9 Å². The monoisotopic (exact) mass is 353 g/mol. The van der Waals surface area contributed by atoms with Crippen molar-refractivity contribution in [2.24, 2.45) is 5.73 Å². The lowest BCUT2D eigenvalue weighted by Gasteiger charge is -2.22. The fourth-order valence-electron chi connectivity index (χ4n) is 3.84. The Kier molecular flexibility index (Phi) is 6.12. The Labute approximate surface area is 156 Å². The van der Waals surface area contributed by atoms with E-state index in [4.69, 9.17) is 11.6 Å². The van der Waals surface area contributed by atoms with Crippen LogP contribution in [0, 0.1) is 6.92 Å². The summed E-state index contributed by atoms with van der Waals surface area (Å²) < 4.78 is 0. The third-order valence-electron chi connectivity index (χ3n) is 5.41. The van der Waals surface area contributed by atoms with Crippen LogP contribution in [0.1, 0.15) is 49.8 Å². The Hall–Kier alpha value is -2.11. The highest BCUT2D eigenvalue weighted by Crippen LogP contribution is 2.27. The van der Waals surface area contributed by atoms with Gasteiger partial charge in [-0.1, -0.05) is 36.8 Å². The molecule has 5 nitrogen and oxygen atoms in total. The molecule has 0 bridgehead atoms. The van der Waals surface area contributed by atoms with Crippen LogP contribution in [0.15, 0.2) is 42.0 Å². The quantitative estimate of drug-likeness (QED) is 0.637. The largest absolute Gasteiger partial charge is 0.330 e.